The van der Waals surface area contributed by atoms with Gasteiger partial charge in [0.2, 0.25) is 0 Å². The van der Waals surface area contributed by atoms with Gasteiger partial charge in [0.05, 0.1) is 0 Å². The van der Waals surface area contributed by atoms with Crippen molar-refractivity contribution in [3.8, 4) is 11.1 Å². The van der Waals surface area contributed by atoms with E-state index in [0.29, 0.717) is 0 Å². The summed E-state index contributed by atoms with van der Waals surface area (Å²) in [5.74, 6) is 1.89. The van der Waals surface area contributed by atoms with Crippen molar-refractivity contribution in [3.05, 3.63) is 60.2 Å². The maximum atomic E-state index is 2.37. The molecule has 1 fully saturated rings. The molecule has 0 radical (unpaired) electrons. The SMILES string of the molecule is CCCCCCC(Cc1ccc(-c2ccccc2)cc1)C1CCCC1. The second-order valence-electron chi connectivity index (χ2n) is 7.92. The monoisotopic (exact) mass is 334 g/mol. The lowest BCUT2D eigenvalue weighted by atomic mass is 9.82. The molecule has 2 aromatic rings. The van der Waals surface area contributed by atoms with Gasteiger partial charge in [-0.1, -0.05) is 113 Å². The van der Waals surface area contributed by atoms with Crippen LogP contribution in [0.2, 0.25) is 0 Å². The predicted molar refractivity (Wildman–Crippen MR) is 110 cm³/mol. The minimum atomic E-state index is 0.905. The third-order valence-corrected chi connectivity index (χ3v) is 6.05. The highest BCUT2D eigenvalue weighted by Crippen LogP contribution is 2.36. The Labute approximate surface area is 154 Å². The molecule has 0 heterocycles. The number of benzene rings is 2. The number of rotatable bonds is 9. The quantitative estimate of drug-likeness (QED) is 0.413. The highest BCUT2D eigenvalue weighted by Gasteiger charge is 2.24. The summed E-state index contributed by atoms with van der Waals surface area (Å²) in [7, 11) is 0. The Morgan fingerprint density at radius 2 is 1.48 bits per heavy atom. The molecule has 0 bridgehead atoms. The van der Waals surface area contributed by atoms with Crippen LogP contribution in [0.3, 0.4) is 0 Å². The Morgan fingerprint density at radius 3 is 2.16 bits per heavy atom. The Kier molecular flexibility index (Phi) is 7.15. The van der Waals surface area contributed by atoms with E-state index in [1.54, 1.807) is 0 Å². The van der Waals surface area contributed by atoms with E-state index >= 15 is 0 Å². The van der Waals surface area contributed by atoms with E-state index in [-0.39, 0.29) is 0 Å². The normalized spacial score (nSPS) is 16.2. The second kappa shape index (κ2) is 9.80. The molecular weight excluding hydrogens is 300 g/mol. The van der Waals surface area contributed by atoms with E-state index in [4.69, 9.17) is 0 Å². The van der Waals surface area contributed by atoms with Crippen molar-refractivity contribution in [1.29, 1.82) is 0 Å². The molecule has 0 amide bonds. The fraction of sp³-hybridized carbons (Fsp3) is 0.520. The van der Waals surface area contributed by atoms with Gasteiger partial charge in [-0.05, 0) is 41.4 Å². The molecule has 0 N–H and O–H groups in total. The molecule has 1 aliphatic carbocycles. The molecule has 25 heavy (non-hydrogen) atoms. The van der Waals surface area contributed by atoms with E-state index in [0.717, 1.165) is 11.8 Å². The Balaban J connectivity index is 1.62. The summed E-state index contributed by atoms with van der Waals surface area (Å²) < 4.78 is 0. The van der Waals surface area contributed by atoms with Gasteiger partial charge in [-0.15, -0.1) is 0 Å². The maximum Gasteiger partial charge on any atom is -0.0184 e. The fourth-order valence-electron chi connectivity index (χ4n) is 4.53. The molecule has 2 aromatic carbocycles. The first-order chi connectivity index (χ1) is 12.4. The van der Waals surface area contributed by atoms with Gasteiger partial charge in [-0.2, -0.15) is 0 Å². The van der Waals surface area contributed by atoms with Gasteiger partial charge in [0.15, 0.2) is 0 Å². The van der Waals surface area contributed by atoms with Crippen LogP contribution in [-0.2, 0) is 6.42 Å². The summed E-state index contributed by atoms with van der Waals surface area (Å²) in [5.41, 5.74) is 4.19. The summed E-state index contributed by atoms with van der Waals surface area (Å²) in [6.45, 7) is 2.31. The third-order valence-electron chi connectivity index (χ3n) is 6.05. The molecule has 0 heteroatoms. The summed E-state index contributed by atoms with van der Waals surface area (Å²) >= 11 is 0. The molecule has 1 saturated carbocycles. The summed E-state index contributed by atoms with van der Waals surface area (Å²) in [6, 6.07) is 20.1. The molecule has 3 rings (SSSR count). The average Bonchev–Trinajstić information content (AvgIpc) is 3.20. The van der Waals surface area contributed by atoms with Crippen LogP contribution in [0.5, 0.6) is 0 Å². The van der Waals surface area contributed by atoms with Crippen LogP contribution in [0.4, 0.5) is 0 Å². The summed E-state index contributed by atoms with van der Waals surface area (Å²) in [6.07, 6.45) is 14.2. The Bertz CT molecular complexity index is 590. The summed E-state index contributed by atoms with van der Waals surface area (Å²) in [4.78, 5) is 0. The van der Waals surface area contributed by atoms with E-state index in [9.17, 15) is 0 Å². The van der Waals surface area contributed by atoms with Crippen LogP contribution in [0.1, 0.15) is 70.3 Å². The smallest absolute Gasteiger partial charge is 0.0184 e. The van der Waals surface area contributed by atoms with E-state index in [1.165, 1.54) is 80.9 Å². The molecule has 134 valence electrons. The largest absolute Gasteiger partial charge is 0.0654 e. The van der Waals surface area contributed by atoms with Crippen LogP contribution >= 0.6 is 0 Å². The van der Waals surface area contributed by atoms with Crippen molar-refractivity contribution >= 4 is 0 Å². The first kappa shape index (κ1) is 18.2. The Hall–Kier alpha value is -1.56. The number of hydrogen-bond acceptors (Lipinski definition) is 0. The average molecular weight is 335 g/mol. The van der Waals surface area contributed by atoms with Crippen molar-refractivity contribution in [1.82, 2.24) is 0 Å². The van der Waals surface area contributed by atoms with Gasteiger partial charge in [0, 0.05) is 0 Å². The molecule has 1 atom stereocenters. The van der Waals surface area contributed by atoms with E-state index in [1.807, 2.05) is 0 Å². The molecule has 0 aliphatic heterocycles. The number of hydrogen-bond donors (Lipinski definition) is 0. The fourth-order valence-corrected chi connectivity index (χ4v) is 4.53. The second-order valence-corrected chi connectivity index (χ2v) is 7.92. The zero-order valence-corrected chi connectivity index (χ0v) is 15.9. The lowest BCUT2D eigenvalue weighted by Gasteiger charge is -2.24. The number of unbranched alkanes of at least 4 members (excludes halogenated alkanes) is 3. The van der Waals surface area contributed by atoms with Gasteiger partial charge in [0.1, 0.15) is 0 Å². The molecule has 1 unspecified atom stereocenters. The van der Waals surface area contributed by atoms with Gasteiger partial charge in [0.25, 0.3) is 0 Å². The van der Waals surface area contributed by atoms with Gasteiger partial charge >= 0.3 is 0 Å². The van der Waals surface area contributed by atoms with Gasteiger partial charge < -0.3 is 0 Å². The molecule has 0 aromatic heterocycles. The van der Waals surface area contributed by atoms with E-state index in [2.05, 4.69) is 61.5 Å². The lowest BCUT2D eigenvalue weighted by Crippen LogP contribution is -2.15. The molecule has 0 nitrogen and oxygen atoms in total. The van der Waals surface area contributed by atoms with Gasteiger partial charge in [-0.3, -0.25) is 0 Å². The highest BCUT2D eigenvalue weighted by atomic mass is 14.3. The molecule has 0 saturated heterocycles. The molecule has 0 spiro atoms. The summed E-state index contributed by atoms with van der Waals surface area (Å²) in [5, 5.41) is 0. The standard InChI is InChI=1S/C25H34/c1-2-3-4-6-15-25(23-13-9-10-14-23)20-21-16-18-24(19-17-21)22-11-7-5-8-12-22/h5,7-8,11-12,16-19,23,25H,2-4,6,9-10,13-15,20H2,1H3. The van der Waals surface area contributed by atoms with Crippen LogP contribution in [-0.4, -0.2) is 0 Å². The van der Waals surface area contributed by atoms with Crippen molar-refractivity contribution < 1.29 is 0 Å². The van der Waals surface area contributed by atoms with E-state index < -0.39 is 0 Å². The van der Waals surface area contributed by atoms with Crippen molar-refractivity contribution in [2.75, 3.05) is 0 Å². The molecule has 1 aliphatic rings. The zero-order valence-electron chi connectivity index (χ0n) is 15.9. The minimum Gasteiger partial charge on any atom is -0.0654 e. The first-order valence-corrected chi connectivity index (χ1v) is 10.5. The van der Waals surface area contributed by atoms with Crippen LogP contribution in [0, 0.1) is 11.8 Å². The van der Waals surface area contributed by atoms with Crippen LogP contribution < -0.4 is 0 Å². The molecular formula is C25H34. The minimum absolute atomic E-state index is 0.905. The topological polar surface area (TPSA) is 0 Å². The highest BCUT2D eigenvalue weighted by molar-refractivity contribution is 5.63. The third kappa shape index (κ3) is 5.46. The van der Waals surface area contributed by atoms with Crippen molar-refractivity contribution in [3.63, 3.8) is 0 Å². The van der Waals surface area contributed by atoms with Crippen molar-refractivity contribution in [2.24, 2.45) is 11.8 Å². The lowest BCUT2D eigenvalue weighted by molar-refractivity contribution is 0.306. The zero-order chi connectivity index (χ0) is 17.3. The first-order valence-electron chi connectivity index (χ1n) is 10.5. The predicted octanol–water partition coefficient (Wildman–Crippen LogP) is 7.67. The van der Waals surface area contributed by atoms with Crippen molar-refractivity contribution in [2.45, 2.75) is 71.1 Å². The van der Waals surface area contributed by atoms with Crippen LogP contribution in [0.15, 0.2) is 54.6 Å². The van der Waals surface area contributed by atoms with Crippen LogP contribution in [0.25, 0.3) is 11.1 Å². The Morgan fingerprint density at radius 1 is 0.800 bits per heavy atom. The van der Waals surface area contributed by atoms with Gasteiger partial charge in [-0.25, -0.2) is 0 Å². The maximum absolute atomic E-state index is 2.37.